The Morgan fingerprint density at radius 2 is 1.76 bits per heavy atom. The first-order valence-corrected chi connectivity index (χ1v) is 8.22. The smallest absolute Gasteiger partial charge is 0.235 e. The minimum absolute atomic E-state index is 0.0532. The Morgan fingerprint density at radius 1 is 1.04 bits per heavy atom. The Balaban J connectivity index is 2.18. The molecule has 0 bridgehead atoms. The van der Waals surface area contributed by atoms with E-state index in [1.807, 2.05) is 25.1 Å². The predicted molar refractivity (Wildman–Crippen MR) is 98.8 cm³/mol. The first-order chi connectivity index (χ1) is 11.7. The van der Waals surface area contributed by atoms with Crippen LogP contribution in [0.5, 0.6) is 17.2 Å². The lowest BCUT2D eigenvalue weighted by molar-refractivity contribution is 0.420. The molecule has 0 aliphatic rings. The van der Waals surface area contributed by atoms with Crippen molar-refractivity contribution in [2.24, 2.45) is 0 Å². The van der Waals surface area contributed by atoms with Crippen molar-refractivity contribution in [3.63, 3.8) is 0 Å². The largest absolute Gasteiger partial charge is 0.508 e. The van der Waals surface area contributed by atoms with Gasteiger partial charge in [-0.3, -0.25) is 4.79 Å². The summed E-state index contributed by atoms with van der Waals surface area (Å²) < 4.78 is 11.7. The lowest BCUT2D eigenvalue weighted by Gasteiger charge is -2.23. The minimum atomic E-state index is -0.250. The summed E-state index contributed by atoms with van der Waals surface area (Å²) in [6, 6.07) is 10.4. The minimum Gasteiger partial charge on any atom is -0.508 e. The van der Waals surface area contributed by atoms with Crippen molar-refractivity contribution in [1.82, 2.24) is 0 Å². The van der Waals surface area contributed by atoms with Crippen LogP contribution in [0, 0.1) is 13.8 Å². The lowest BCUT2D eigenvalue weighted by Crippen LogP contribution is -2.14. The van der Waals surface area contributed by atoms with Crippen molar-refractivity contribution in [1.29, 1.82) is 0 Å². The topological polar surface area (TPSA) is 59.7 Å². The van der Waals surface area contributed by atoms with Gasteiger partial charge < -0.3 is 14.3 Å². The molecule has 0 amide bonds. The zero-order chi connectivity index (χ0) is 18.4. The van der Waals surface area contributed by atoms with Crippen LogP contribution in [0.1, 0.15) is 37.7 Å². The Bertz CT molecular complexity index is 1010. The fourth-order valence-corrected chi connectivity index (χ4v) is 2.84. The Hall–Kier alpha value is -2.75. The molecule has 130 valence electrons. The fraction of sp³-hybridized carbons (Fsp3) is 0.286. The van der Waals surface area contributed by atoms with E-state index in [9.17, 15) is 9.90 Å². The van der Waals surface area contributed by atoms with E-state index < -0.39 is 0 Å². The van der Waals surface area contributed by atoms with E-state index in [0.29, 0.717) is 22.5 Å². The summed E-state index contributed by atoms with van der Waals surface area (Å²) in [5.74, 6) is 1.26. The number of rotatable bonds is 2. The average Bonchev–Trinajstić information content (AvgIpc) is 2.50. The van der Waals surface area contributed by atoms with Crippen LogP contribution in [0.4, 0.5) is 0 Å². The van der Waals surface area contributed by atoms with Crippen LogP contribution in [0.15, 0.2) is 45.6 Å². The van der Waals surface area contributed by atoms with Gasteiger partial charge in [0.15, 0.2) is 0 Å². The summed E-state index contributed by atoms with van der Waals surface area (Å²) in [6.07, 6.45) is 0. The average molecular weight is 338 g/mol. The van der Waals surface area contributed by atoms with Gasteiger partial charge in [-0.05, 0) is 43.0 Å². The van der Waals surface area contributed by atoms with Gasteiger partial charge in [0.2, 0.25) is 11.2 Å². The molecule has 0 atom stereocenters. The quantitative estimate of drug-likeness (QED) is 0.697. The molecule has 1 N–H and O–H groups in total. The van der Waals surface area contributed by atoms with Crippen molar-refractivity contribution >= 4 is 11.0 Å². The molecule has 0 radical (unpaired) electrons. The van der Waals surface area contributed by atoms with Crippen LogP contribution in [-0.2, 0) is 5.41 Å². The van der Waals surface area contributed by atoms with Crippen molar-refractivity contribution < 1.29 is 14.3 Å². The maximum absolute atomic E-state index is 12.8. The van der Waals surface area contributed by atoms with Crippen molar-refractivity contribution in [2.75, 3.05) is 0 Å². The van der Waals surface area contributed by atoms with Gasteiger partial charge in [0, 0.05) is 11.6 Å². The Kier molecular flexibility index (Phi) is 4.07. The third-order valence-electron chi connectivity index (χ3n) is 4.16. The SMILES string of the molecule is Cc1ccc(C(C)(C)C)c(Oc2c(C)oc3cc(O)ccc3c2=O)c1. The number of phenols is 1. The standard InChI is InChI=1S/C21H22O4/c1-12-6-9-16(21(3,4)5)18(10-12)25-20-13(2)24-17-11-14(22)7-8-15(17)19(20)23/h6-11,22H,1-5H3. The third kappa shape index (κ3) is 3.25. The summed E-state index contributed by atoms with van der Waals surface area (Å²) in [5, 5.41) is 9.96. The number of ether oxygens (including phenoxy) is 1. The first kappa shape index (κ1) is 17.1. The van der Waals surface area contributed by atoms with Gasteiger partial charge in [-0.15, -0.1) is 0 Å². The Morgan fingerprint density at radius 3 is 2.44 bits per heavy atom. The Labute approximate surface area is 146 Å². The second-order valence-corrected chi connectivity index (χ2v) is 7.35. The van der Waals surface area contributed by atoms with Crippen LogP contribution in [0.25, 0.3) is 11.0 Å². The molecule has 4 nitrogen and oxygen atoms in total. The second kappa shape index (κ2) is 5.96. The van der Waals surface area contributed by atoms with Gasteiger partial charge in [0.25, 0.3) is 0 Å². The van der Waals surface area contributed by atoms with Crippen LogP contribution >= 0.6 is 0 Å². The molecule has 25 heavy (non-hydrogen) atoms. The number of phenolic OH excluding ortho intramolecular Hbond substituents is 1. The van der Waals surface area contributed by atoms with Gasteiger partial charge >= 0.3 is 0 Å². The summed E-state index contributed by atoms with van der Waals surface area (Å²) in [6.45, 7) is 9.97. The maximum Gasteiger partial charge on any atom is 0.235 e. The van der Waals surface area contributed by atoms with Crippen LogP contribution in [0.3, 0.4) is 0 Å². The van der Waals surface area contributed by atoms with E-state index in [1.54, 1.807) is 13.0 Å². The maximum atomic E-state index is 12.8. The number of fused-ring (bicyclic) bond motifs is 1. The highest BCUT2D eigenvalue weighted by Crippen LogP contribution is 2.35. The molecule has 0 aliphatic heterocycles. The normalized spacial score (nSPS) is 11.7. The highest BCUT2D eigenvalue weighted by Gasteiger charge is 2.22. The molecule has 4 heteroatoms. The molecular formula is C21H22O4. The molecule has 1 heterocycles. The lowest BCUT2D eigenvalue weighted by atomic mass is 9.86. The highest BCUT2D eigenvalue weighted by molar-refractivity contribution is 5.79. The molecule has 1 aromatic heterocycles. The van der Waals surface area contributed by atoms with Crippen molar-refractivity contribution in [3.05, 3.63) is 63.5 Å². The third-order valence-corrected chi connectivity index (χ3v) is 4.16. The molecule has 0 spiro atoms. The monoisotopic (exact) mass is 338 g/mol. The van der Waals surface area contributed by atoms with Gasteiger partial charge in [0.05, 0.1) is 5.39 Å². The number of hydrogen-bond acceptors (Lipinski definition) is 4. The van der Waals surface area contributed by atoms with E-state index in [4.69, 9.17) is 9.15 Å². The highest BCUT2D eigenvalue weighted by atomic mass is 16.5. The number of benzene rings is 2. The zero-order valence-corrected chi connectivity index (χ0v) is 15.1. The van der Waals surface area contributed by atoms with Gasteiger partial charge in [-0.25, -0.2) is 0 Å². The molecule has 3 rings (SSSR count). The van der Waals surface area contributed by atoms with Crippen molar-refractivity contribution in [2.45, 2.75) is 40.0 Å². The van der Waals surface area contributed by atoms with Crippen molar-refractivity contribution in [3.8, 4) is 17.2 Å². The van der Waals surface area contributed by atoms with E-state index >= 15 is 0 Å². The molecule has 0 aliphatic carbocycles. The summed E-state index contributed by atoms with van der Waals surface area (Å²) in [7, 11) is 0. The van der Waals surface area contributed by atoms with Gasteiger partial charge in [0.1, 0.15) is 22.8 Å². The first-order valence-electron chi connectivity index (χ1n) is 8.22. The molecular weight excluding hydrogens is 316 g/mol. The molecule has 2 aromatic carbocycles. The van der Waals surface area contributed by atoms with Gasteiger partial charge in [-0.1, -0.05) is 32.9 Å². The molecule has 0 fully saturated rings. The summed E-state index contributed by atoms with van der Waals surface area (Å²) in [5.41, 5.74) is 2.04. The number of aryl methyl sites for hydroxylation is 2. The van der Waals surface area contributed by atoms with Crippen LogP contribution in [0.2, 0.25) is 0 Å². The molecule has 0 saturated carbocycles. The predicted octanol–water partition coefficient (Wildman–Crippen LogP) is 5.21. The molecule has 0 unspecified atom stereocenters. The zero-order valence-electron chi connectivity index (χ0n) is 15.1. The molecule has 3 aromatic rings. The number of aromatic hydroxyl groups is 1. The molecule has 0 saturated heterocycles. The van der Waals surface area contributed by atoms with Crippen LogP contribution in [-0.4, -0.2) is 5.11 Å². The van der Waals surface area contributed by atoms with E-state index in [2.05, 4.69) is 20.8 Å². The summed E-state index contributed by atoms with van der Waals surface area (Å²) in [4.78, 5) is 12.8. The van der Waals surface area contributed by atoms with Gasteiger partial charge in [-0.2, -0.15) is 0 Å². The van der Waals surface area contributed by atoms with E-state index in [-0.39, 0.29) is 22.3 Å². The fourth-order valence-electron chi connectivity index (χ4n) is 2.84. The van der Waals surface area contributed by atoms with Crippen LogP contribution < -0.4 is 10.2 Å². The number of hydrogen-bond donors (Lipinski definition) is 1. The van der Waals surface area contributed by atoms with E-state index in [0.717, 1.165) is 11.1 Å². The van der Waals surface area contributed by atoms with E-state index in [1.165, 1.54) is 12.1 Å². The summed E-state index contributed by atoms with van der Waals surface area (Å²) >= 11 is 0. The second-order valence-electron chi connectivity index (χ2n) is 7.35.